The van der Waals surface area contributed by atoms with Crippen molar-refractivity contribution < 1.29 is 5.11 Å². The molecule has 4 nitrogen and oxygen atoms in total. The summed E-state index contributed by atoms with van der Waals surface area (Å²) in [5, 5.41) is 9.70. The highest BCUT2D eigenvalue weighted by molar-refractivity contribution is 7.98. The minimum absolute atomic E-state index is 0.190. The van der Waals surface area contributed by atoms with Crippen LogP contribution in [0.4, 0.5) is 0 Å². The highest BCUT2D eigenvalue weighted by atomic mass is 32.2. The molecule has 5 heteroatoms. The number of rotatable bonds is 3. The lowest BCUT2D eigenvalue weighted by atomic mass is 10.2. The smallest absolute Gasteiger partial charge is 0.258 e. The maximum Gasteiger partial charge on any atom is 0.258 e. The molecule has 0 spiro atoms. The molecule has 0 fully saturated rings. The van der Waals surface area contributed by atoms with Crippen LogP contribution in [0.3, 0.4) is 0 Å². The van der Waals surface area contributed by atoms with E-state index in [1.54, 1.807) is 18.7 Å². The minimum Gasteiger partial charge on any atom is -0.493 e. The third-order valence-electron chi connectivity index (χ3n) is 2.71. The van der Waals surface area contributed by atoms with Gasteiger partial charge in [0.1, 0.15) is 5.82 Å². The molecule has 0 atom stereocenters. The van der Waals surface area contributed by atoms with Gasteiger partial charge in [-0.2, -0.15) is 4.98 Å². The number of hydrogen-bond donors (Lipinski definition) is 2. The molecule has 0 saturated heterocycles. The summed E-state index contributed by atoms with van der Waals surface area (Å²) in [6.45, 7) is 1.80. The summed E-state index contributed by atoms with van der Waals surface area (Å²) >= 11 is 1.64. The monoisotopic (exact) mass is 262 g/mol. The quantitative estimate of drug-likeness (QED) is 0.834. The van der Waals surface area contributed by atoms with Gasteiger partial charge in [-0.1, -0.05) is 19.1 Å². The molecule has 0 bridgehead atoms. The number of benzene rings is 1. The summed E-state index contributed by atoms with van der Waals surface area (Å²) in [6.07, 6.45) is 2.46. The van der Waals surface area contributed by atoms with Crippen molar-refractivity contribution in [3.05, 3.63) is 40.2 Å². The van der Waals surface area contributed by atoms with E-state index in [4.69, 9.17) is 0 Å². The first-order valence-corrected chi connectivity index (χ1v) is 6.84. The Morgan fingerprint density at radius 3 is 2.50 bits per heavy atom. The van der Waals surface area contributed by atoms with E-state index in [0.717, 1.165) is 10.5 Å². The van der Waals surface area contributed by atoms with Crippen molar-refractivity contribution in [2.45, 2.75) is 18.2 Å². The molecule has 2 N–H and O–H groups in total. The first-order chi connectivity index (χ1) is 8.65. The summed E-state index contributed by atoms with van der Waals surface area (Å²) in [5.41, 5.74) is 0.816. The van der Waals surface area contributed by atoms with Crippen LogP contribution in [0.2, 0.25) is 0 Å². The molecular formula is C13H14N2O2S. The van der Waals surface area contributed by atoms with Crippen molar-refractivity contribution in [3.8, 4) is 17.3 Å². The first kappa shape index (κ1) is 12.7. The zero-order chi connectivity index (χ0) is 13.1. The maximum atomic E-state index is 11.7. The molecule has 0 aliphatic heterocycles. The number of aromatic nitrogens is 2. The van der Waals surface area contributed by atoms with Gasteiger partial charge >= 0.3 is 0 Å². The molecule has 2 rings (SSSR count). The first-order valence-electron chi connectivity index (χ1n) is 5.62. The maximum absolute atomic E-state index is 11.7. The van der Waals surface area contributed by atoms with Gasteiger partial charge in [-0.05, 0) is 24.8 Å². The zero-order valence-electron chi connectivity index (χ0n) is 10.2. The van der Waals surface area contributed by atoms with Crippen LogP contribution < -0.4 is 5.56 Å². The third kappa shape index (κ3) is 2.41. The Morgan fingerprint density at radius 2 is 2.00 bits per heavy atom. The van der Waals surface area contributed by atoms with Gasteiger partial charge in [-0.25, -0.2) is 0 Å². The lowest BCUT2D eigenvalue weighted by Crippen LogP contribution is -2.14. The van der Waals surface area contributed by atoms with Crippen molar-refractivity contribution in [1.82, 2.24) is 9.97 Å². The predicted octanol–water partition coefficient (Wildman–Crippen LogP) is 2.43. The van der Waals surface area contributed by atoms with Gasteiger partial charge in [0.05, 0.1) is 5.56 Å². The van der Waals surface area contributed by atoms with Crippen LogP contribution in [-0.4, -0.2) is 21.3 Å². The van der Waals surface area contributed by atoms with Crippen LogP contribution in [0.15, 0.2) is 34.0 Å². The molecule has 0 unspecified atom stereocenters. The molecule has 1 aromatic heterocycles. The summed E-state index contributed by atoms with van der Waals surface area (Å²) in [4.78, 5) is 19.6. The van der Waals surface area contributed by atoms with E-state index in [2.05, 4.69) is 9.97 Å². The average molecular weight is 262 g/mol. The normalized spacial score (nSPS) is 10.6. The second-order valence-electron chi connectivity index (χ2n) is 3.80. The van der Waals surface area contributed by atoms with E-state index in [0.29, 0.717) is 17.8 Å². The van der Waals surface area contributed by atoms with Crippen molar-refractivity contribution in [1.29, 1.82) is 0 Å². The molecular weight excluding hydrogens is 248 g/mol. The van der Waals surface area contributed by atoms with E-state index < -0.39 is 0 Å². The highest BCUT2D eigenvalue weighted by Crippen LogP contribution is 2.21. The lowest BCUT2D eigenvalue weighted by molar-refractivity contribution is 0.444. The zero-order valence-corrected chi connectivity index (χ0v) is 11.0. The lowest BCUT2D eigenvalue weighted by Gasteiger charge is -2.05. The standard InChI is InChI=1S/C13H14N2O2S/c1-3-10-12(16)14-11(15-13(10)17)8-4-6-9(18-2)7-5-8/h4-7H,3H2,1-2H3,(H2,14,15,16,17). The Balaban J connectivity index is 2.47. The number of aromatic amines is 1. The van der Waals surface area contributed by atoms with Gasteiger partial charge in [-0.3, -0.25) is 4.79 Å². The predicted molar refractivity (Wildman–Crippen MR) is 73.1 cm³/mol. The number of nitrogens with one attached hydrogen (secondary N) is 1. The van der Waals surface area contributed by atoms with E-state index in [9.17, 15) is 9.90 Å². The van der Waals surface area contributed by atoms with Crippen LogP contribution in [0.1, 0.15) is 12.5 Å². The fourth-order valence-corrected chi connectivity index (χ4v) is 2.10. The van der Waals surface area contributed by atoms with Crippen LogP contribution in [0, 0.1) is 0 Å². The van der Waals surface area contributed by atoms with Crippen molar-refractivity contribution in [2.24, 2.45) is 0 Å². The van der Waals surface area contributed by atoms with Gasteiger partial charge < -0.3 is 10.1 Å². The molecule has 0 saturated carbocycles. The summed E-state index contributed by atoms with van der Waals surface area (Å²) in [6, 6.07) is 7.64. The fraction of sp³-hybridized carbons (Fsp3) is 0.231. The molecule has 1 heterocycles. The second kappa shape index (κ2) is 5.27. The van der Waals surface area contributed by atoms with Crippen LogP contribution >= 0.6 is 11.8 Å². The van der Waals surface area contributed by atoms with E-state index in [1.807, 2.05) is 30.5 Å². The van der Waals surface area contributed by atoms with Gasteiger partial charge in [0.15, 0.2) is 0 Å². The molecule has 0 amide bonds. The second-order valence-corrected chi connectivity index (χ2v) is 4.68. The van der Waals surface area contributed by atoms with Crippen LogP contribution in [0.5, 0.6) is 5.88 Å². The molecule has 1 aromatic carbocycles. The molecule has 0 radical (unpaired) electrons. The molecule has 94 valence electrons. The van der Waals surface area contributed by atoms with E-state index >= 15 is 0 Å². The molecule has 18 heavy (non-hydrogen) atoms. The Morgan fingerprint density at radius 1 is 1.33 bits per heavy atom. The Labute approximate surface area is 109 Å². The number of nitrogens with zero attached hydrogens (tertiary/aromatic N) is 1. The van der Waals surface area contributed by atoms with Crippen LogP contribution in [0.25, 0.3) is 11.4 Å². The third-order valence-corrected chi connectivity index (χ3v) is 3.45. The minimum atomic E-state index is -0.283. The van der Waals surface area contributed by atoms with Gasteiger partial charge in [0.25, 0.3) is 5.56 Å². The van der Waals surface area contributed by atoms with Gasteiger partial charge in [-0.15, -0.1) is 11.8 Å². The van der Waals surface area contributed by atoms with Gasteiger partial charge in [0.2, 0.25) is 5.88 Å². The van der Waals surface area contributed by atoms with E-state index in [-0.39, 0.29) is 11.4 Å². The summed E-state index contributed by atoms with van der Waals surface area (Å²) < 4.78 is 0. The van der Waals surface area contributed by atoms with E-state index in [1.165, 1.54) is 0 Å². The summed E-state index contributed by atoms with van der Waals surface area (Å²) in [7, 11) is 0. The largest absolute Gasteiger partial charge is 0.493 e. The number of aromatic hydroxyl groups is 1. The fourth-order valence-electron chi connectivity index (χ4n) is 1.69. The Hall–Kier alpha value is -1.75. The summed E-state index contributed by atoms with van der Waals surface area (Å²) in [5.74, 6) is 0.201. The highest BCUT2D eigenvalue weighted by Gasteiger charge is 2.09. The Bertz CT molecular complexity index is 605. The topological polar surface area (TPSA) is 66.0 Å². The molecule has 2 aromatic rings. The number of thioether (sulfide) groups is 1. The molecule has 0 aliphatic rings. The Kier molecular flexibility index (Phi) is 3.72. The van der Waals surface area contributed by atoms with Gasteiger partial charge in [0, 0.05) is 10.5 Å². The number of H-pyrrole nitrogens is 1. The SMILES string of the molecule is CCc1c(O)nc(-c2ccc(SC)cc2)[nH]c1=O. The average Bonchev–Trinajstić information content (AvgIpc) is 2.38. The van der Waals surface area contributed by atoms with Crippen molar-refractivity contribution >= 4 is 11.8 Å². The van der Waals surface area contributed by atoms with Crippen LogP contribution in [-0.2, 0) is 6.42 Å². The van der Waals surface area contributed by atoms with Crippen molar-refractivity contribution in [2.75, 3.05) is 6.26 Å². The molecule has 0 aliphatic carbocycles. The number of hydrogen-bond acceptors (Lipinski definition) is 4. The van der Waals surface area contributed by atoms with Crippen molar-refractivity contribution in [3.63, 3.8) is 0 Å².